The van der Waals surface area contributed by atoms with Gasteiger partial charge in [0.15, 0.2) is 0 Å². The fourth-order valence-corrected chi connectivity index (χ4v) is 1.91. The summed E-state index contributed by atoms with van der Waals surface area (Å²) < 4.78 is 6.02. The van der Waals surface area contributed by atoms with Gasteiger partial charge in [0.25, 0.3) is 0 Å². The number of aliphatic hydroxyl groups is 1. The summed E-state index contributed by atoms with van der Waals surface area (Å²) in [6.45, 7) is 10.1. The first-order chi connectivity index (χ1) is 8.75. The van der Waals surface area contributed by atoms with Gasteiger partial charge in [-0.2, -0.15) is 0 Å². The minimum atomic E-state index is -0.567. The zero-order valence-electron chi connectivity index (χ0n) is 12.5. The Morgan fingerprint density at radius 3 is 2.16 bits per heavy atom. The van der Waals surface area contributed by atoms with E-state index in [0.29, 0.717) is 5.02 Å². The number of hydrogen-bond acceptors (Lipinski definition) is 2. The normalized spacial score (nSPS) is 17.0. The van der Waals surface area contributed by atoms with Crippen LogP contribution in [0.5, 0.6) is 0 Å². The number of benzene rings is 1. The Kier molecular flexibility index (Phi) is 5.84. The van der Waals surface area contributed by atoms with Crippen LogP contribution in [-0.2, 0) is 4.74 Å². The maximum Gasteiger partial charge on any atom is 0.109 e. The maximum atomic E-state index is 10.6. The molecule has 0 radical (unpaired) electrons. The molecule has 0 aromatic heterocycles. The molecule has 0 bridgehead atoms. The van der Waals surface area contributed by atoms with E-state index >= 15 is 0 Å². The van der Waals surface area contributed by atoms with E-state index in [0.717, 1.165) is 12.0 Å². The maximum absolute atomic E-state index is 10.6. The van der Waals surface area contributed by atoms with Crippen LogP contribution in [0.1, 0.15) is 52.7 Å². The highest BCUT2D eigenvalue weighted by Gasteiger charge is 2.33. The third-order valence-corrected chi connectivity index (χ3v) is 3.58. The van der Waals surface area contributed by atoms with Gasteiger partial charge in [0, 0.05) is 5.02 Å². The van der Waals surface area contributed by atoms with Crippen molar-refractivity contribution in [1.82, 2.24) is 0 Å². The van der Waals surface area contributed by atoms with Crippen molar-refractivity contribution in [2.75, 3.05) is 0 Å². The molecule has 0 aliphatic rings. The summed E-state index contributed by atoms with van der Waals surface area (Å²) in [6, 6.07) is 7.51. The molecule has 19 heavy (non-hydrogen) atoms. The molecule has 0 spiro atoms. The molecule has 0 heterocycles. The molecule has 0 saturated heterocycles. The van der Waals surface area contributed by atoms with Crippen molar-refractivity contribution in [2.24, 2.45) is 5.41 Å². The summed E-state index contributed by atoms with van der Waals surface area (Å²) in [6.07, 6.45) is 0.133. The van der Waals surface area contributed by atoms with Gasteiger partial charge < -0.3 is 9.84 Å². The van der Waals surface area contributed by atoms with E-state index in [1.54, 1.807) is 0 Å². The second-order valence-corrected chi connectivity index (χ2v) is 6.57. The fraction of sp³-hybridized carbons (Fsp3) is 0.625. The van der Waals surface area contributed by atoms with Gasteiger partial charge in [0.05, 0.1) is 12.2 Å². The van der Waals surface area contributed by atoms with E-state index in [2.05, 4.69) is 6.92 Å². The number of ether oxygens (including phenoxy) is 1. The van der Waals surface area contributed by atoms with E-state index < -0.39 is 6.10 Å². The Morgan fingerprint density at radius 2 is 1.74 bits per heavy atom. The summed E-state index contributed by atoms with van der Waals surface area (Å²) in [5.41, 5.74) is 0.727. The lowest BCUT2D eigenvalue weighted by Crippen LogP contribution is -2.35. The first-order valence-corrected chi connectivity index (χ1v) is 7.22. The Labute approximate surface area is 121 Å². The van der Waals surface area contributed by atoms with Gasteiger partial charge in [-0.3, -0.25) is 0 Å². The molecule has 3 heteroatoms. The number of rotatable bonds is 5. The van der Waals surface area contributed by atoms with E-state index in [9.17, 15) is 5.11 Å². The van der Waals surface area contributed by atoms with Crippen molar-refractivity contribution in [3.8, 4) is 0 Å². The topological polar surface area (TPSA) is 29.5 Å². The monoisotopic (exact) mass is 284 g/mol. The lowest BCUT2D eigenvalue weighted by atomic mass is 9.83. The van der Waals surface area contributed by atoms with Crippen LogP contribution >= 0.6 is 11.6 Å². The molecule has 0 amide bonds. The van der Waals surface area contributed by atoms with Gasteiger partial charge in [0.2, 0.25) is 0 Å². The molecule has 1 aromatic rings. The third-order valence-electron chi connectivity index (χ3n) is 3.33. The molecule has 108 valence electrons. The average molecular weight is 285 g/mol. The summed E-state index contributed by atoms with van der Waals surface area (Å²) in [5.74, 6) is 0. The van der Waals surface area contributed by atoms with Gasteiger partial charge in [-0.1, -0.05) is 51.4 Å². The van der Waals surface area contributed by atoms with E-state index in [1.165, 1.54) is 0 Å². The Morgan fingerprint density at radius 1 is 1.21 bits per heavy atom. The highest BCUT2D eigenvalue weighted by atomic mass is 35.5. The molecule has 1 aromatic carbocycles. The smallest absolute Gasteiger partial charge is 0.109 e. The summed E-state index contributed by atoms with van der Waals surface area (Å²) in [5, 5.41) is 11.2. The van der Waals surface area contributed by atoms with Crippen molar-refractivity contribution in [3.05, 3.63) is 34.9 Å². The van der Waals surface area contributed by atoms with Gasteiger partial charge >= 0.3 is 0 Å². The molecule has 1 rings (SSSR count). The predicted molar refractivity (Wildman–Crippen MR) is 80.5 cm³/mol. The second kappa shape index (κ2) is 6.74. The Balaban J connectivity index is 3.01. The summed E-state index contributed by atoms with van der Waals surface area (Å²) in [4.78, 5) is 0. The Hall–Kier alpha value is -0.570. The standard InChI is InChI=1S/C16H25ClO2/c1-6-11(2)19-14(15(18)16(3,4)5)12-7-9-13(17)10-8-12/h7-11,14-15,18H,6H2,1-5H3. The second-order valence-electron chi connectivity index (χ2n) is 6.14. The van der Waals surface area contributed by atoms with E-state index in [1.807, 2.05) is 52.0 Å². The molecule has 3 unspecified atom stereocenters. The van der Waals surface area contributed by atoms with Crippen LogP contribution in [0.3, 0.4) is 0 Å². The summed E-state index contributed by atoms with van der Waals surface area (Å²) >= 11 is 5.92. The van der Waals surface area contributed by atoms with Crippen LogP contribution < -0.4 is 0 Å². The average Bonchev–Trinajstić information content (AvgIpc) is 2.35. The highest BCUT2D eigenvalue weighted by molar-refractivity contribution is 6.30. The van der Waals surface area contributed by atoms with Crippen LogP contribution in [0, 0.1) is 5.41 Å². The van der Waals surface area contributed by atoms with Crippen molar-refractivity contribution >= 4 is 11.6 Å². The SMILES string of the molecule is CCC(C)OC(c1ccc(Cl)cc1)C(O)C(C)(C)C. The van der Waals surface area contributed by atoms with E-state index in [4.69, 9.17) is 16.3 Å². The molecule has 1 N–H and O–H groups in total. The zero-order valence-corrected chi connectivity index (χ0v) is 13.2. The van der Waals surface area contributed by atoms with E-state index in [-0.39, 0.29) is 17.6 Å². The number of aliphatic hydroxyl groups excluding tert-OH is 1. The van der Waals surface area contributed by atoms with Crippen molar-refractivity contribution in [2.45, 2.75) is 59.4 Å². The minimum absolute atomic E-state index is 0.109. The zero-order chi connectivity index (χ0) is 14.6. The van der Waals surface area contributed by atoms with Gasteiger partial charge in [0.1, 0.15) is 6.10 Å². The van der Waals surface area contributed by atoms with Crippen molar-refractivity contribution in [3.63, 3.8) is 0 Å². The first kappa shape index (κ1) is 16.5. The molecule has 0 saturated carbocycles. The van der Waals surface area contributed by atoms with Crippen molar-refractivity contribution < 1.29 is 9.84 Å². The van der Waals surface area contributed by atoms with Crippen LogP contribution in [0.15, 0.2) is 24.3 Å². The largest absolute Gasteiger partial charge is 0.390 e. The quantitative estimate of drug-likeness (QED) is 0.856. The fourth-order valence-electron chi connectivity index (χ4n) is 1.79. The summed E-state index contributed by atoms with van der Waals surface area (Å²) in [7, 11) is 0. The third kappa shape index (κ3) is 4.79. The number of halogens is 1. The van der Waals surface area contributed by atoms with Crippen LogP contribution in [0.2, 0.25) is 5.02 Å². The minimum Gasteiger partial charge on any atom is -0.390 e. The number of hydrogen-bond donors (Lipinski definition) is 1. The van der Waals surface area contributed by atoms with Crippen LogP contribution in [0.25, 0.3) is 0 Å². The molecule has 0 fully saturated rings. The molecular formula is C16H25ClO2. The van der Waals surface area contributed by atoms with Crippen molar-refractivity contribution in [1.29, 1.82) is 0 Å². The first-order valence-electron chi connectivity index (χ1n) is 6.84. The molecule has 0 aliphatic heterocycles. The Bertz CT molecular complexity index is 381. The molecule has 2 nitrogen and oxygen atoms in total. The highest BCUT2D eigenvalue weighted by Crippen LogP contribution is 2.34. The molecule has 3 atom stereocenters. The van der Waals surface area contributed by atoms with Crippen LogP contribution in [0.4, 0.5) is 0 Å². The van der Waals surface area contributed by atoms with Gasteiger partial charge in [-0.05, 0) is 36.5 Å². The van der Waals surface area contributed by atoms with Crippen LogP contribution in [-0.4, -0.2) is 17.3 Å². The lowest BCUT2D eigenvalue weighted by Gasteiger charge is -2.34. The predicted octanol–water partition coefficient (Wildman–Crippen LogP) is 4.60. The molecular weight excluding hydrogens is 260 g/mol. The van der Waals surface area contributed by atoms with Gasteiger partial charge in [-0.25, -0.2) is 0 Å². The van der Waals surface area contributed by atoms with Gasteiger partial charge in [-0.15, -0.1) is 0 Å². The lowest BCUT2D eigenvalue weighted by molar-refractivity contribution is -0.109. The molecule has 0 aliphatic carbocycles.